The van der Waals surface area contributed by atoms with Crippen LogP contribution in [0.4, 0.5) is 0 Å². The number of rotatable bonds is 5. The Kier molecular flexibility index (Phi) is 9.38. The van der Waals surface area contributed by atoms with Crippen molar-refractivity contribution in [2.24, 2.45) is 5.92 Å². The Hall–Kier alpha value is -3.71. The summed E-state index contributed by atoms with van der Waals surface area (Å²) in [7, 11) is 0. The van der Waals surface area contributed by atoms with Crippen LogP contribution in [0.3, 0.4) is 0 Å². The smallest absolute Gasteiger partial charge is 0.343 e. The highest BCUT2D eigenvalue weighted by atomic mass is 16.6. The van der Waals surface area contributed by atoms with Crippen molar-refractivity contribution in [3.05, 3.63) is 89.6 Å². The molecule has 1 heterocycles. The van der Waals surface area contributed by atoms with Crippen LogP contribution in [-0.2, 0) is 16.0 Å². The minimum Gasteiger partial charge on any atom is -0.458 e. The van der Waals surface area contributed by atoms with Gasteiger partial charge in [0.25, 0.3) is 0 Å². The molecule has 0 saturated carbocycles. The molecule has 3 rings (SSSR count). The fourth-order valence-electron chi connectivity index (χ4n) is 3.78. The zero-order valence-corrected chi connectivity index (χ0v) is 20.0. The lowest BCUT2D eigenvalue weighted by Gasteiger charge is -2.25. The predicted molar refractivity (Wildman–Crippen MR) is 132 cm³/mol. The van der Waals surface area contributed by atoms with Crippen LogP contribution in [0.15, 0.2) is 73.0 Å². The zero-order valence-electron chi connectivity index (χ0n) is 20.0. The Morgan fingerprint density at radius 2 is 1.91 bits per heavy atom. The summed E-state index contributed by atoms with van der Waals surface area (Å²) in [6, 6.07) is 13.6. The average Bonchev–Trinajstić information content (AvgIpc) is 2.84. The van der Waals surface area contributed by atoms with Gasteiger partial charge in [-0.3, -0.25) is 4.79 Å². The lowest BCUT2D eigenvalue weighted by Crippen LogP contribution is -2.28. The SMILES string of the molecule is CC(=O)N/C=C/C[C@H]1C[C@@H](O)[C@@H](C)C/C=C/Cc2cccc(OC(=O)c3ccccc3)c2C(=O)O1. The summed E-state index contributed by atoms with van der Waals surface area (Å²) in [5.74, 6) is -1.33. The summed E-state index contributed by atoms with van der Waals surface area (Å²) in [4.78, 5) is 37.2. The molecule has 0 unspecified atom stereocenters. The quantitative estimate of drug-likeness (QED) is 0.377. The van der Waals surface area contributed by atoms with Gasteiger partial charge in [0.1, 0.15) is 17.4 Å². The maximum atomic E-state index is 13.4. The van der Waals surface area contributed by atoms with Crippen LogP contribution in [0.25, 0.3) is 0 Å². The van der Waals surface area contributed by atoms with Gasteiger partial charge in [0.15, 0.2) is 0 Å². The number of hydrogen-bond donors (Lipinski definition) is 2. The van der Waals surface area contributed by atoms with Gasteiger partial charge in [-0.2, -0.15) is 0 Å². The second-order valence-corrected chi connectivity index (χ2v) is 8.60. The van der Waals surface area contributed by atoms with E-state index in [2.05, 4.69) is 5.32 Å². The molecule has 7 heteroatoms. The van der Waals surface area contributed by atoms with E-state index in [-0.39, 0.29) is 29.6 Å². The minimum atomic E-state index is -0.684. The van der Waals surface area contributed by atoms with E-state index in [1.165, 1.54) is 13.1 Å². The van der Waals surface area contributed by atoms with Crippen LogP contribution in [0.5, 0.6) is 5.75 Å². The molecule has 1 amide bonds. The Morgan fingerprint density at radius 1 is 1.14 bits per heavy atom. The summed E-state index contributed by atoms with van der Waals surface area (Å²) in [5, 5.41) is 13.2. The van der Waals surface area contributed by atoms with E-state index in [0.29, 0.717) is 30.4 Å². The van der Waals surface area contributed by atoms with E-state index in [1.807, 2.05) is 19.1 Å². The molecular weight excluding hydrogens is 446 g/mol. The highest BCUT2D eigenvalue weighted by Gasteiger charge is 2.27. The second-order valence-electron chi connectivity index (χ2n) is 8.60. The standard InChI is InChI=1S/C28H31NO6/c1-19-10-6-7-11-21-14-8-16-25(35-27(32)22-12-4-3-5-13-22)26(21)28(33)34-23(18-24(19)31)15-9-17-29-20(2)30/h3-9,12-14,16-17,19,23-24,31H,10-11,15,18H2,1-2H3,(H,29,30)/b7-6+,17-9+/t19-,23-,24+/m0/s1. The summed E-state index contributed by atoms with van der Waals surface area (Å²) in [6.45, 7) is 3.34. The maximum Gasteiger partial charge on any atom is 0.343 e. The molecule has 0 fully saturated rings. The van der Waals surface area contributed by atoms with Gasteiger partial charge in [-0.1, -0.05) is 55.5 Å². The van der Waals surface area contributed by atoms with Crippen LogP contribution in [0.1, 0.15) is 59.4 Å². The number of aliphatic hydroxyl groups is 1. The highest BCUT2D eigenvalue weighted by molar-refractivity contribution is 5.97. The molecule has 0 radical (unpaired) electrons. The fourth-order valence-corrected chi connectivity index (χ4v) is 3.78. The number of benzene rings is 2. The monoisotopic (exact) mass is 477 g/mol. The van der Waals surface area contributed by atoms with E-state index >= 15 is 0 Å². The molecule has 2 N–H and O–H groups in total. The van der Waals surface area contributed by atoms with Crippen LogP contribution >= 0.6 is 0 Å². The molecule has 0 spiro atoms. The number of carbonyl (C=O) groups is 3. The summed E-state index contributed by atoms with van der Waals surface area (Å²) >= 11 is 0. The van der Waals surface area contributed by atoms with E-state index in [4.69, 9.17) is 9.47 Å². The first-order valence-corrected chi connectivity index (χ1v) is 11.7. The molecule has 2 aromatic carbocycles. The van der Waals surface area contributed by atoms with Crippen molar-refractivity contribution in [1.29, 1.82) is 0 Å². The van der Waals surface area contributed by atoms with Crippen molar-refractivity contribution in [3.63, 3.8) is 0 Å². The zero-order chi connectivity index (χ0) is 25.2. The Bertz CT molecular complexity index is 1090. The number of fused-ring (bicyclic) bond motifs is 1. The number of allylic oxidation sites excluding steroid dienone is 2. The van der Waals surface area contributed by atoms with Gasteiger partial charge in [0.05, 0.1) is 11.7 Å². The number of nitrogens with one attached hydrogen (secondary N) is 1. The second kappa shape index (κ2) is 12.7. The van der Waals surface area contributed by atoms with Crippen molar-refractivity contribution in [2.75, 3.05) is 0 Å². The van der Waals surface area contributed by atoms with E-state index in [0.717, 1.165) is 0 Å². The van der Waals surface area contributed by atoms with Gasteiger partial charge in [-0.05, 0) is 48.7 Å². The lowest BCUT2D eigenvalue weighted by molar-refractivity contribution is -0.118. The number of cyclic esters (lactones) is 1. The molecular formula is C28H31NO6. The molecule has 7 nitrogen and oxygen atoms in total. The minimum absolute atomic E-state index is 0.0242. The number of amides is 1. The molecule has 2 aromatic rings. The first-order valence-electron chi connectivity index (χ1n) is 11.7. The number of carbonyl (C=O) groups excluding carboxylic acids is 3. The van der Waals surface area contributed by atoms with E-state index in [9.17, 15) is 19.5 Å². The fraction of sp³-hybridized carbons (Fsp3) is 0.321. The largest absolute Gasteiger partial charge is 0.458 e. The summed E-state index contributed by atoms with van der Waals surface area (Å²) < 4.78 is 11.4. The van der Waals surface area contributed by atoms with Crippen LogP contribution in [0, 0.1) is 5.92 Å². The van der Waals surface area contributed by atoms with Gasteiger partial charge in [-0.25, -0.2) is 9.59 Å². The van der Waals surface area contributed by atoms with Crippen molar-refractivity contribution in [3.8, 4) is 5.75 Å². The van der Waals surface area contributed by atoms with E-state index < -0.39 is 24.1 Å². The van der Waals surface area contributed by atoms with Gasteiger partial charge < -0.3 is 19.9 Å². The summed E-state index contributed by atoms with van der Waals surface area (Å²) in [5.41, 5.74) is 1.22. The first kappa shape index (κ1) is 25.9. The van der Waals surface area contributed by atoms with Gasteiger partial charge in [-0.15, -0.1) is 0 Å². The molecule has 35 heavy (non-hydrogen) atoms. The maximum absolute atomic E-state index is 13.4. The van der Waals surface area contributed by atoms with Crippen LogP contribution in [-0.4, -0.2) is 35.2 Å². The lowest BCUT2D eigenvalue weighted by atomic mass is 9.93. The topological polar surface area (TPSA) is 102 Å². The third-order valence-electron chi connectivity index (χ3n) is 5.78. The van der Waals surface area contributed by atoms with Gasteiger partial charge in [0, 0.05) is 19.8 Å². The van der Waals surface area contributed by atoms with Crippen LogP contribution in [0.2, 0.25) is 0 Å². The normalized spacial score (nSPS) is 21.7. The number of ether oxygens (including phenoxy) is 2. The molecule has 184 valence electrons. The first-order chi connectivity index (χ1) is 16.8. The molecule has 0 aromatic heterocycles. The highest BCUT2D eigenvalue weighted by Crippen LogP contribution is 2.28. The van der Waals surface area contributed by atoms with Crippen molar-refractivity contribution in [2.45, 2.75) is 51.7 Å². The number of hydrogen-bond acceptors (Lipinski definition) is 6. The van der Waals surface area contributed by atoms with E-state index in [1.54, 1.807) is 54.6 Å². The third-order valence-corrected chi connectivity index (χ3v) is 5.78. The molecule has 0 saturated heterocycles. The Labute approximate surface area is 205 Å². The number of aliphatic hydroxyl groups excluding tert-OH is 1. The third kappa shape index (κ3) is 7.65. The Balaban J connectivity index is 1.92. The Morgan fingerprint density at radius 3 is 2.66 bits per heavy atom. The molecule has 1 aliphatic heterocycles. The number of esters is 2. The van der Waals surface area contributed by atoms with Crippen molar-refractivity contribution < 1.29 is 29.0 Å². The van der Waals surface area contributed by atoms with Gasteiger partial charge >= 0.3 is 11.9 Å². The van der Waals surface area contributed by atoms with Crippen molar-refractivity contribution >= 4 is 17.8 Å². The van der Waals surface area contributed by atoms with Crippen molar-refractivity contribution in [1.82, 2.24) is 5.32 Å². The molecule has 3 atom stereocenters. The molecule has 1 aliphatic rings. The molecule has 0 bridgehead atoms. The average molecular weight is 478 g/mol. The van der Waals surface area contributed by atoms with Gasteiger partial charge in [0.2, 0.25) is 5.91 Å². The summed E-state index contributed by atoms with van der Waals surface area (Å²) in [6.07, 6.45) is 7.41. The van der Waals surface area contributed by atoms with Crippen LogP contribution < -0.4 is 10.1 Å². The predicted octanol–water partition coefficient (Wildman–Crippen LogP) is 4.36. The molecule has 0 aliphatic carbocycles.